The van der Waals surface area contributed by atoms with Crippen molar-refractivity contribution in [2.75, 3.05) is 14.2 Å². The van der Waals surface area contributed by atoms with Gasteiger partial charge in [-0.2, -0.15) is 0 Å². The van der Waals surface area contributed by atoms with Crippen LogP contribution < -0.4 is 14.8 Å². The molecule has 7 heteroatoms. The fraction of sp³-hybridized carbons (Fsp3) is 0.167. The number of phenols is 1. The fourth-order valence-electron chi connectivity index (χ4n) is 1.59. The van der Waals surface area contributed by atoms with Crippen molar-refractivity contribution in [3.05, 3.63) is 22.6 Å². The summed E-state index contributed by atoms with van der Waals surface area (Å²) in [4.78, 5) is 11.9. The standard InChI is InChI=1S/C12H12N2O4S/c1-17-6-3-8(15)7(9(4-6)18-2)5-10-11(16)14-12(13)19-10/h3-5,15H,1-2H3,(H2,13,14,16). The number of thioether (sulfide) groups is 1. The van der Waals surface area contributed by atoms with Gasteiger partial charge in [0.1, 0.15) is 17.2 Å². The second-order valence-electron chi connectivity index (χ2n) is 3.66. The second-order valence-corrected chi connectivity index (χ2v) is 4.71. The van der Waals surface area contributed by atoms with Crippen LogP contribution in [-0.2, 0) is 4.79 Å². The monoisotopic (exact) mass is 280 g/mol. The number of hydrogen-bond acceptors (Lipinski definition) is 6. The topological polar surface area (TPSA) is 91.6 Å². The van der Waals surface area contributed by atoms with Crippen LogP contribution in [0.2, 0.25) is 0 Å². The lowest BCUT2D eigenvalue weighted by atomic mass is 10.1. The van der Waals surface area contributed by atoms with Crippen LogP contribution in [0.1, 0.15) is 5.56 Å². The van der Waals surface area contributed by atoms with E-state index in [9.17, 15) is 9.90 Å². The zero-order valence-corrected chi connectivity index (χ0v) is 11.1. The minimum absolute atomic E-state index is 0.0585. The lowest BCUT2D eigenvalue weighted by Gasteiger charge is -2.10. The Kier molecular flexibility index (Phi) is 3.66. The van der Waals surface area contributed by atoms with Crippen molar-refractivity contribution in [3.8, 4) is 17.2 Å². The van der Waals surface area contributed by atoms with Crippen LogP contribution in [0.25, 0.3) is 6.08 Å². The van der Waals surface area contributed by atoms with Gasteiger partial charge in [0, 0.05) is 12.1 Å². The molecule has 1 aliphatic heterocycles. The minimum Gasteiger partial charge on any atom is -0.507 e. The highest BCUT2D eigenvalue weighted by atomic mass is 32.2. The van der Waals surface area contributed by atoms with Gasteiger partial charge in [-0.3, -0.25) is 10.2 Å². The van der Waals surface area contributed by atoms with E-state index in [1.807, 2.05) is 0 Å². The molecule has 0 atom stereocenters. The molecular weight excluding hydrogens is 268 g/mol. The largest absolute Gasteiger partial charge is 0.507 e. The number of aromatic hydroxyl groups is 1. The lowest BCUT2D eigenvalue weighted by molar-refractivity contribution is -0.115. The van der Waals surface area contributed by atoms with Crippen molar-refractivity contribution in [2.24, 2.45) is 0 Å². The molecule has 1 aliphatic rings. The van der Waals surface area contributed by atoms with E-state index in [-0.39, 0.29) is 16.8 Å². The first-order valence-corrected chi connectivity index (χ1v) is 6.11. The summed E-state index contributed by atoms with van der Waals surface area (Å²) in [7, 11) is 2.94. The summed E-state index contributed by atoms with van der Waals surface area (Å²) >= 11 is 0.992. The van der Waals surface area contributed by atoms with Crippen LogP contribution in [0.15, 0.2) is 17.0 Å². The number of amides is 1. The van der Waals surface area contributed by atoms with Crippen LogP contribution in [0.3, 0.4) is 0 Å². The summed E-state index contributed by atoms with van der Waals surface area (Å²) in [5.41, 5.74) is 0.371. The van der Waals surface area contributed by atoms with E-state index in [0.29, 0.717) is 22.0 Å². The summed E-state index contributed by atoms with van der Waals surface area (Å²) in [5, 5.41) is 19.7. The minimum atomic E-state index is -0.368. The van der Waals surface area contributed by atoms with Gasteiger partial charge in [-0.1, -0.05) is 0 Å². The Balaban J connectivity index is 2.48. The van der Waals surface area contributed by atoms with Crippen LogP contribution in [0.4, 0.5) is 0 Å². The van der Waals surface area contributed by atoms with E-state index in [0.717, 1.165) is 11.8 Å². The highest BCUT2D eigenvalue weighted by Crippen LogP contribution is 2.37. The maximum absolute atomic E-state index is 11.5. The summed E-state index contributed by atoms with van der Waals surface area (Å²) in [6.07, 6.45) is 1.48. The molecule has 3 N–H and O–H groups in total. The molecule has 1 amide bonds. The van der Waals surface area contributed by atoms with Gasteiger partial charge < -0.3 is 19.9 Å². The van der Waals surface area contributed by atoms with E-state index in [1.54, 1.807) is 6.07 Å². The highest BCUT2D eigenvalue weighted by Gasteiger charge is 2.23. The van der Waals surface area contributed by atoms with E-state index in [2.05, 4.69) is 5.32 Å². The number of phenolic OH excluding ortho intramolecular Hbond substituents is 1. The molecule has 1 aromatic carbocycles. The first-order valence-electron chi connectivity index (χ1n) is 5.29. The smallest absolute Gasteiger partial charge is 0.264 e. The molecule has 1 fully saturated rings. The quantitative estimate of drug-likeness (QED) is 0.731. The molecule has 1 heterocycles. The van der Waals surface area contributed by atoms with Crippen LogP contribution in [0, 0.1) is 5.41 Å². The first-order chi connectivity index (χ1) is 9.05. The molecule has 100 valence electrons. The number of amidine groups is 1. The summed E-state index contributed by atoms with van der Waals surface area (Å²) in [6, 6.07) is 3.03. The third-order valence-electron chi connectivity index (χ3n) is 2.49. The number of carbonyl (C=O) groups is 1. The average Bonchev–Trinajstić information content (AvgIpc) is 2.69. The van der Waals surface area contributed by atoms with Crippen LogP contribution >= 0.6 is 11.8 Å². The van der Waals surface area contributed by atoms with Gasteiger partial charge in [0.2, 0.25) is 0 Å². The Morgan fingerprint density at radius 2 is 2.11 bits per heavy atom. The number of hydrogen-bond donors (Lipinski definition) is 3. The predicted molar refractivity (Wildman–Crippen MR) is 72.6 cm³/mol. The molecular formula is C12H12N2O4S. The zero-order chi connectivity index (χ0) is 14.0. The second kappa shape index (κ2) is 5.23. The number of benzene rings is 1. The lowest BCUT2D eigenvalue weighted by Crippen LogP contribution is -2.18. The third kappa shape index (κ3) is 2.65. The summed E-state index contributed by atoms with van der Waals surface area (Å²) < 4.78 is 10.2. The number of ether oxygens (including phenoxy) is 2. The number of rotatable bonds is 3. The van der Waals surface area contributed by atoms with Gasteiger partial charge in [-0.25, -0.2) is 0 Å². The highest BCUT2D eigenvalue weighted by molar-refractivity contribution is 8.18. The molecule has 0 aromatic heterocycles. The molecule has 2 rings (SSSR count). The fourth-order valence-corrected chi connectivity index (χ4v) is 2.28. The van der Waals surface area contributed by atoms with Crippen molar-refractivity contribution < 1.29 is 19.4 Å². The molecule has 6 nitrogen and oxygen atoms in total. The molecule has 0 aliphatic carbocycles. The molecule has 0 spiro atoms. The maximum Gasteiger partial charge on any atom is 0.264 e. The van der Waals surface area contributed by atoms with Crippen molar-refractivity contribution in [2.45, 2.75) is 0 Å². The molecule has 0 unspecified atom stereocenters. The van der Waals surface area contributed by atoms with E-state index in [4.69, 9.17) is 14.9 Å². The molecule has 19 heavy (non-hydrogen) atoms. The number of carbonyl (C=O) groups excluding carboxylic acids is 1. The Labute approximate surface area is 113 Å². The summed E-state index contributed by atoms with van der Waals surface area (Å²) in [5.74, 6) is 0.409. The average molecular weight is 280 g/mol. The van der Waals surface area contributed by atoms with Crippen molar-refractivity contribution in [1.29, 1.82) is 5.41 Å². The number of nitrogens with one attached hydrogen (secondary N) is 2. The maximum atomic E-state index is 11.5. The third-order valence-corrected chi connectivity index (χ3v) is 3.32. The molecule has 0 radical (unpaired) electrons. The first kappa shape index (κ1) is 13.3. The van der Waals surface area contributed by atoms with Gasteiger partial charge in [0.15, 0.2) is 5.17 Å². The Bertz CT molecular complexity index is 583. The van der Waals surface area contributed by atoms with Gasteiger partial charge in [0.05, 0.1) is 24.7 Å². The van der Waals surface area contributed by atoms with Crippen LogP contribution in [-0.4, -0.2) is 30.4 Å². The van der Waals surface area contributed by atoms with Gasteiger partial charge in [0.25, 0.3) is 5.91 Å². The van der Waals surface area contributed by atoms with E-state index >= 15 is 0 Å². The van der Waals surface area contributed by atoms with Crippen molar-refractivity contribution in [1.82, 2.24) is 5.32 Å². The van der Waals surface area contributed by atoms with Crippen LogP contribution in [0.5, 0.6) is 17.2 Å². The van der Waals surface area contributed by atoms with Gasteiger partial charge >= 0.3 is 0 Å². The SMILES string of the molecule is COc1cc(O)c(C=C2SC(=N)NC2=O)c(OC)c1. The van der Waals surface area contributed by atoms with Crippen molar-refractivity contribution >= 4 is 28.9 Å². The Hall–Kier alpha value is -2.15. The Morgan fingerprint density at radius 3 is 2.63 bits per heavy atom. The molecule has 1 aromatic rings. The van der Waals surface area contributed by atoms with Gasteiger partial charge in [-0.15, -0.1) is 0 Å². The molecule has 0 bridgehead atoms. The molecule has 1 saturated heterocycles. The van der Waals surface area contributed by atoms with E-state index in [1.165, 1.54) is 26.4 Å². The Morgan fingerprint density at radius 1 is 1.37 bits per heavy atom. The van der Waals surface area contributed by atoms with Crippen molar-refractivity contribution in [3.63, 3.8) is 0 Å². The zero-order valence-electron chi connectivity index (χ0n) is 10.3. The van der Waals surface area contributed by atoms with E-state index < -0.39 is 0 Å². The normalized spacial score (nSPS) is 16.6. The summed E-state index contributed by atoms with van der Waals surface area (Å²) in [6.45, 7) is 0. The molecule has 0 saturated carbocycles. The predicted octanol–water partition coefficient (Wildman–Crippen LogP) is 1.55. The number of methoxy groups -OCH3 is 2. The van der Waals surface area contributed by atoms with Gasteiger partial charge in [-0.05, 0) is 17.8 Å².